The summed E-state index contributed by atoms with van der Waals surface area (Å²) >= 11 is 0. The lowest BCUT2D eigenvalue weighted by Crippen LogP contribution is -2.34. The van der Waals surface area contributed by atoms with E-state index < -0.39 is 0 Å². The van der Waals surface area contributed by atoms with Crippen LogP contribution in [0.1, 0.15) is 37.0 Å². The van der Waals surface area contributed by atoms with Crippen molar-refractivity contribution in [3.8, 4) is 0 Å². The highest BCUT2D eigenvalue weighted by Crippen LogP contribution is 2.10. The first-order valence-electron chi connectivity index (χ1n) is 7.18. The minimum Gasteiger partial charge on any atom is -0.352 e. The van der Waals surface area contributed by atoms with Gasteiger partial charge >= 0.3 is 6.03 Å². The smallest absolute Gasteiger partial charge is 0.319 e. The lowest BCUT2D eigenvalue weighted by Gasteiger charge is -2.11. The third kappa shape index (κ3) is 6.76. The quantitative estimate of drug-likeness (QED) is 0.576. The number of unbranched alkanes of at least 4 members (excludes halogenated alkanes) is 1. The molecule has 0 fully saturated rings. The molecule has 0 saturated heterocycles. The number of amides is 3. The second-order valence-electron chi connectivity index (χ2n) is 5.09. The van der Waals surface area contributed by atoms with E-state index in [1.54, 1.807) is 24.3 Å². The molecule has 0 aliphatic rings. The summed E-state index contributed by atoms with van der Waals surface area (Å²) in [6.07, 6.45) is 1.74. The molecule has 21 heavy (non-hydrogen) atoms. The summed E-state index contributed by atoms with van der Waals surface area (Å²) in [5.41, 5.74) is 6.50. The molecule has 6 nitrogen and oxygen atoms in total. The standard InChI is InChI=1S/C15H24N4O2/c1-11(2)18-15(21)19-13-7-5-6-12(10-13)14(20)17-9-4-3-8-16/h5-7,10-11H,3-4,8-9,16H2,1-2H3,(H,17,20)(H2,18,19,21). The Morgan fingerprint density at radius 2 is 2.00 bits per heavy atom. The molecule has 0 aliphatic heterocycles. The van der Waals surface area contributed by atoms with Gasteiger partial charge in [-0.05, 0) is 51.4 Å². The maximum atomic E-state index is 12.0. The Bertz CT molecular complexity index is 474. The van der Waals surface area contributed by atoms with E-state index >= 15 is 0 Å². The zero-order valence-corrected chi connectivity index (χ0v) is 12.6. The highest BCUT2D eigenvalue weighted by molar-refractivity contribution is 5.96. The Morgan fingerprint density at radius 1 is 1.24 bits per heavy atom. The molecule has 0 bridgehead atoms. The molecule has 3 amide bonds. The van der Waals surface area contributed by atoms with Crippen LogP contribution < -0.4 is 21.7 Å². The van der Waals surface area contributed by atoms with Crippen LogP contribution >= 0.6 is 0 Å². The first-order chi connectivity index (χ1) is 10.0. The molecule has 116 valence electrons. The Morgan fingerprint density at radius 3 is 2.67 bits per heavy atom. The van der Waals surface area contributed by atoms with E-state index in [9.17, 15) is 9.59 Å². The van der Waals surface area contributed by atoms with Crippen molar-refractivity contribution in [3.05, 3.63) is 29.8 Å². The van der Waals surface area contributed by atoms with Gasteiger partial charge in [0, 0.05) is 23.8 Å². The molecule has 1 aromatic carbocycles. The second-order valence-corrected chi connectivity index (χ2v) is 5.09. The largest absolute Gasteiger partial charge is 0.352 e. The van der Waals surface area contributed by atoms with Gasteiger partial charge in [-0.15, -0.1) is 0 Å². The summed E-state index contributed by atoms with van der Waals surface area (Å²) in [7, 11) is 0. The van der Waals surface area contributed by atoms with Gasteiger partial charge in [0.25, 0.3) is 5.91 Å². The van der Waals surface area contributed by atoms with Crippen LogP contribution in [0.2, 0.25) is 0 Å². The van der Waals surface area contributed by atoms with Crippen LogP contribution in [0.3, 0.4) is 0 Å². The Kier molecular flexibility index (Phi) is 7.25. The third-order valence-electron chi connectivity index (χ3n) is 2.72. The first kappa shape index (κ1) is 17.0. The molecule has 0 aromatic heterocycles. The number of hydrogen-bond donors (Lipinski definition) is 4. The predicted molar refractivity (Wildman–Crippen MR) is 84.4 cm³/mol. The normalized spacial score (nSPS) is 10.3. The van der Waals surface area contributed by atoms with Crippen LogP contribution in [0.4, 0.5) is 10.5 Å². The summed E-state index contributed by atoms with van der Waals surface area (Å²) in [4.78, 5) is 23.6. The van der Waals surface area contributed by atoms with Crippen LogP contribution in [-0.4, -0.2) is 31.1 Å². The van der Waals surface area contributed by atoms with E-state index in [0.29, 0.717) is 24.3 Å². The fourth-order valence-corrected chi connectivity index (χ4v) is 1.74. The molecule has 0 heterocycles. The van der Waals surface area contributed by atoms with Crippen LogP contribution in [0, 0.1) is 0 Å². The average Bonchev–Trinajstić information content (AvgIpc) is 2.42. The van der Waals surface area contributed by atoms with E-state index in [1.807, 2.05) is 13.8 Å². The highest BCUT2D eigenvalue weighted by Gasteiger charge is 2.07. The SMILES string of the molecule is CC(C)NC(=O)Nc1cccc(C(=O)NCCCCN)c1. The number of urea groups is 1. The lowest BCUT2D eigenvalue weighted by molar-refractivity contribution is 0.0953. The van der Waals surface area contributed by atoms with Gasteiger partial charge in [-0.3, -0.25) is 4.79 Å². The Hall–Kier alpha value is -2.08. The number of carbonyl (C=O) groups is 2. The number of nitrogens with two attached hydrogens (primary N) is 1. The van der Waals surface area contributed by atoms with Crippen molar-refractivity contribution in [1.82, 2.24) is 10.6 Å². The van der Waals surface area contributed by atoms with Crippen molar-refractivity contribution < 1.29 is 9.59 Å². The Balaban J connectivity index is 2.55. The molecular formula is C15H24N4O2. The molecule has 5 N–H and O–H groups in total. The average molecular weight is 292 g/mol. The van der Waals surface area contributed by atoms with E-state index in [1.165, 1.54) is 0 Å². The first-order valence-corrected chi connectivity index (χ1v) is 7.18. The predicted octanol–water partition coefficient (Wildman–Crippen LogP) is 1.69. The van der Waals surface area contributed by atoms with Gasteiger partial charge in [0.2, 0.25) is 0 Å². The van der Waals surface area contributed by atoms with Gasteiger partial charge in [-0.25, -0.2) is 4.79 Å². The number of hydrogen-bond acceptors (Lipinski definition) is 3. The minimum atomic E-state index is -0.287. The molecule has 0 radical (unpaired) electrons. The monoisotopic (exact) mass is 292 g/mol. The zero-order chi connectivity index (χ0) is 15.7. The molecule has 0 unspecified atom stereocenters. The number of rotatable bonds is 7. The molecule has 1 aromatic rings. The van der Waals surface area contributed by atoms with E-state index in [0.717, 1.165) is 12.8 Å². The molecular weight excluding hydrogens is 268 g/mol. The molecule has 6 heteroatoms. The van der Waals surface area contributed by atoms with Crippen molar-refractivity contribution in [3.63, 3.8) is 0 Å². The van der Waals surface area contributed by atoms with E-state index in [4.69, 9.17) is 5.73 Å². The van der Waals surface area contributed by atoms with Gasteiger partial charge in [0.05, 0.1) is 0 Å². The van der Waals surface area contributed by atoms with Crippen molar-refractivity contribution in [2.24, 2.45) is 5.73 Å². The zero-order valence-electron chi connectivity index (χ0n) is 12.6. The molecule has 1 rings (SSSR count). The summed E-state index contributed by atoms with van der Waals surface area (Å²) in [6.45, 7) is 4.98. The molecule has 0 saturated carbocycles. The summed E-state index contributed by atoms with van der Waals surface area (Å²) < 4.78 is 0. The summed E-state index contributed by atoms with van der Waals surface area (Å²) in [5.74, 6) is -0.153. The van der Waals surface area contributed by atoms with Crippen molar-refractivity contribution >= 4 is 17.6 Å². The van der Waals surface area contributed by atoms with Gasteiger partial charge in [-0.2, -0.15) is 0 Å². The molecule has 0 spiro atoms. The van der Waals surface area contributed by atoms with E-state index in [2.05, 4.69) is 16.0 Å². The van der Waals surface area contributed by atoms with Crippen molar-refractivity contribution in [2.45, 2.75) is 32.7 Å². The fraction of sp³-hybridized carbons (Fsp3) is 0.467. The van der Waals surface area contributed by atoms with Crippen LogP contribution in [0.25, 0.3) is 0 Å². The maximum absolute atomic E-state index is 12.0. The molecule has 0 atom stereocenters. The number of anilines is 1. The number of benzene rings is 1. The van der Waals surface area contributed by atoms with Gasteiger partial charge in [0.15, 0.2) is 0 Å². The lowest BCUT2D eigenvalue weighted by atomic mass is 10.2. The van der Waals surface area contributed by atoms with Crippen LogP contribution in [-0.2, 0) is 0 Å². The topological polar surface area (TPSA) is 96.2 Å². The second kappa shape index (κ2) is 8.97. The van der Waals surface area contributed by atoms with E-state index in [-0.39, 0.29) is 18.0 Å². The fourth-order valence-electron chi connectivity index (χ4n) is 1.74. The number of carbonyl (C=O) groups excluding carboxylic acids is 2. The number of nitrogens with one attached hydrogen (secondary N) is 3. The molecule has 0 aliphatic carbocycles. The van der Waals surface area contributed by atoms with Gasteiger partial charge in [-0.1, -0.05) is 6.07 Å². The third-order valence-corrected chi connectivity index (χ3v) is 2.72. The maximum Gasteiger partial charge on any atom is 0.319 e. The van der Waals surface area contributed by atoms with Crippen LogP contribution in [0.5, 0.6) is 0 Å². The summed E-state index contributed by atoms with van der Waals surface area (Å²) in [5, 5.41) is 8.25. The highest BCUT2D eigenvalue weighted by atomic mass is 16.2. The van der Waals surface area contributed by atoms with Crippen molar-refractivity contribution in [2.75, 3.05) is 18.4 Å². The van der Waals surface area contributed by atoms with Crippen molar-refractivity contribution in [1.29, 1.82) is 0 Å². The van der Waals surface area contributed by atoms with Crippen LogP contribution in [0.15, 0.2) is 24.3 Å². The minimum absolute atomic E-state index is 0.0547. The Labute approximate surface area is 125 Å². The van der Waals surface area contributed by atoms with Gasteiger partial charge < -0.3 is 21.7 Å². The summed E-state index contributed by atoms with van der Waals surface area (Å²) in [6, 6.07) is 6.61. The van der Waals surface area contributed by atoms with Gasteiger partial charge in [0.1, 0.15) is 0 Å².